The molecule has 7 heteroatoms. The number of nitrogens with one attached hydrogen (secondary N) is 1. The molecule has 1 atom stereocenters. The van der Waals surface area contributed by atoms with Gasteiger partial charge in [0.05, 0.1) is 31.5 Å². The third kappa shape index (κ3) is 4.04. The van der Waals surface area contributed by atoms with Crippen LogP contribution in [0.3, 0.4) is 0 Å². The quantitative estimate of drug-likeness (QED) is 0.905. The lowest BCUT2D eigenvalue weighted by Gasteiger charge is -2.43. The predicted molar refractivity (Wildman–Crippen MR) is 91.4 cm³/mol. The van der Waals surface area contributed by atoms with E-state index in [1.165, 1.54) is 25.0 Å². The Morgan fingerprint density at radius 2 is 2.20 bits per heavy atom. The van der Waals surface area contributed by atoms with Crippen LogP contribution < -0.4 is 10.1 Å². The summed E-state index contributed by atoms with van der Waals surface area (Å²) in [6, 6.07) is 4.29. The molecular weight excluding hydrogens is 325 g/mol. The van der Waals surface area contributed by atoms with E-state index in [1.807, 2.05) is 0 Å². The van der Waals surface area contributed by atoms with Crippen molar-refractivity contribution < 1.29 is 18.7 Å². The Bertz CT molecular complexity index is 638. The number of nitrogens with zero attached hydrogens (tertiary/aromatic N) is 2. The average molecular weight is 349 g/mol. The van der Waals surface area contributed by atoms with Gasteiger partial charge in [-0.3, -0.25) is 4.90 Å². The smallest absolute Gasteiger partial charge is 0.322 e. The Hall–Kier alpha value is -1.86. The molecule has 1 aromatic carbocycles. The Kier molecular flexibility index (Phi) is 4.76. The molecule has 6 nitrogen and oxygen atoms in total. The molecule has 0 unspecified atom stereocenters. The molecular formula is C18H24FN3O3. The molecule has 3 aliphatic rings. The summed E-state index contributed by atoms with van der Waals surface area (Å²) in [5, 5.41) is 2.82. The fourth-order valence-corrected chi connectivity index (χ4v) is 3.34. The highest BCUT2D eigenvalue weighted by Crippen LogP contribution is 2.32. The van der Waals surface area contributed by atoms with Crippen molar-refractivity contribution in [3.8, 4) is 5.75 Å². The van der Waals surface area contributed by atoms with Crippen molar-refractivity contribution in [1.29, 1.82) is 0 Å². The molecule has 0 spiro atoms. The number of urea groups is 1. The van der Waals surface area contributed by atoms with Gasteiger partial charge in [0.1, 0.15) is 11.6 Å². The number of carbonyl (C=O) groups excluding carboxylic acids is 1. The topological polar surface area (TPSA) is 54.0 Å². The number of fused-ring (bicyclic) bond motifs is 1. The summed E-state index contributed by atoms with van der Waals surface area (Å²) in [6.07, 6.45) is 2.35. The molecule has 2 amide bonds. The molecule has 1 aromatic rings. The molecule has 25 heavy (non-hydrogen) atoms. The van der Waals surface area contributed by atoms with Gasteiger partial charge < -0.3 is 19.7 Å². The minimum atomic E-state index is -0.389. The van der Waals surface area contributed by atoms with Crippen molar-refractivity contribution >= 4 is 11.7 Å². The molecule has 1 saturated carbocycles. The molecule has 3 fully saturated rings. The van der Waals surface area contributed by atoms with Crippen LogP contribution in [-0.4, -0.2) is 67.9 Å². The van der Waals surface area contributed by atoms with Crippen LogP contribution in [0.1, 0.15) is 12.8 Å². The zero-order valence-electron chi connectivity index (χ0n) is 14.2. The average Bonchev–Trinajstić information content (AvgIpc) is 3.45. The number of morpholine rings is 1. The van der Waals surface area contributed by atoms with Crippen LogP contribution in [0.4, 0.5) is 14.9 Å². The molecule has 0 bridgehead atoms. The minimum absolute atomic E-state index is 0.216. The lowest BCUT2D eigenvalue weighted by molar-refractivity contribution is -0.0355. The number of hydrogen-bond acceptors (Lipinski definition) is 4. The van der Waals surface area contributed by atoms with Crippen molar-refractivity contribution in [3.05, 3.63) is 24.0 Å². The van der Waals surface area contributed by atoms with E-state index in [9.17, 15) is 9.18 Å². The molecule has 2 aliphatic heterocycles. The molecule has 0 radical (unpaired) electrons. The summed E-state index contributed by atoms with van der Waals surface area (Å²) in [7, 11) is 0. The lowest BCUT2D eigenvalue weighted by Crippen LogP contribution is -2.59. The third-order valence-electron chi connectivity index (χ3n) is 5.08. The van der Waals surface area contributed by atoms with Gasteiger partial charge in [-0.05, 0) is 30.9 Å². The number of benzene rings is 1. The van der Waals surface area contributed by atoms with E-state index < -0.39 is 0 Å². The number of hydrogen-bond donors (Lipinski definition) is 1. The van der Waals surface area contributed by atoms with Gasteiger partial charge in [-0.15, -0.1) is 0 Å². The fourth-order valence-electron chi connectivity index (χ4n) is 3.34. The van der Waals surface area contributed by atoms with Crippen LogP contribution in [-0.2, 0) is 4.74 Å². The number of piperazine rings is 1. The fraction of sp³-hybridized carbons (Fsp3) is 0.611. The van der Waals surface area contributed by atoms with Gasteiger partial charge in [-0.2, -0.15) is 0 Å². The first-order chi connectivity index (χ1) is 12.2. The first kappa shape index (κ1) is 16.6. The minimum Gasteiger partial charge on any atom is -0.491 e. The van der Waals surface area contributed by atoms with Crippen molar-refractivity contribution in [2.24, 2.45) is 5.92 Å². The molecule has 1 aliphatic carbocycles. The van der Waals surface area contributed by atoms with Crippen molar-refractivity contribution in [1.82, 2.24) is 9.80 Å². The van der Waals surface area contributed by atoms with E-state index in [4.69, 9.17) is 9.47 Å². The Balaban J connectivity index is 1.40. The number of amides is 2. The largest absolute Gasteiger partial charge is 0.491 e. The van der Waals surface area contributed by atoms with Crippen molar-refractivity contribution in [2.45, 2.75) is 18.9 Å². The molecule has 2 saturated heterocycles. The van der Waals surface area contributed by atoms with E-state index in [2.05, 4.69) is 10.2 Å². The van der Waals surface area contributed by atoms with E-state index in [1.54, 1.807) is 11.0 Å². The third-order valence-corrected chi connectivity index (χ3v) is 5.08. The van der Waals surface area contributed by atoms with Crippen LogP contribution in [0.5, 0.6) is 5.75 Å². The highest BCUT2D eigenvalue weighted by atomic mass is 19.1. The molecule has 4 rings (SSSR count). The van der Waals surface area contributed by atoms with Gasteiger partial charge >= 0.3 is 6.03 Å². The van der Waals surface area contributed by atoms with Gasteiger partial charge in [0.15, 0.2) is 0 Å². The van der Waals surface area contributed by atoms with Crippen molar-refractivity contribution in [2.75, 3.05) is 51.3 Å². The summed E-state index contributed by atoms with van der Waals surface area (Å²) >= 11 is 0. The van der Waals surface area contributed by atoms with E-state index >= 15 is 0 Å². The second kappa shape index (κ2) is 7.17. The van der Waals surface area contributed by atoms with Gasteiger partial charge in [0.25, 0.3) is 0 Å². The van der Waals surface area contributed by atoms with Crippen LogP contribution in [0, 0.1) is 11.7 Å². The maximum absolute atomic E-state index is 13.6. The summed E-state index contributed by atoms with van der Waals surface area (Å²) in [4.78, 5) is 16.8. The summed E-state index contributed by atoms with van der Waals surface area (Å²) in [5.74, 6) is 0.730. The Morgan fingerprint density at radius 1 is 1.32 bits per heavy atom. The normalized spacial score (nSPS) is 23.9. The van der Waals surface area contributed by atoms with Crippen molar-refractivity contribution in [3.63, 3.8) is 0 Å². The van der Waals surface area contributed by atoms with E-state index in [0.29, 0.717) is 43.7 Å². The van der Waals surface area contributed by atoms with Crippen LogP contribution in [0.15, 0.2) is 18.2 Å². The van der Waals surface area contributed by atoms with Gasteiger partial charge in [-0.25, -0.2) is 9.18 Å². The highest BCUT2D eigenvalue weighted by Gasteiger charge is 2.32. The second-order valence-electron chi connectivity index (χ2n) is 7.04. The monoisotopic (exact) mass is 349 g/mol. The standard InChI is InChI=1S/C18H24FN3O3/c19-14-3-4-17(25-11-13-1-2-13)16(9-14)20-18(23)22-6-5-21-7-8-24-12-15(21)10-22/h3-4,9,13,15H,1-2,5-8,10-12H2,(H,20,23)/t15-/m0/s1. The van der Waals surface area contributed by atoms with Gasteiger partial charge in [0, 0.05) is 32.2 Å². The lowest BCUT2D eigenvalue weighted by atomic mass is 10.1. The summed E-state index contributed by atoms with van der Waals surface area (Å²) in [6.45, 7) is 5.08. The first-order valence-electron chi connectivity index (χ1n) is 8.99. The SMILES string of the molecule is O=C(Nc1cc(F)ccc1OCC1CC1)N1CCN2CCOC[C@@H]2C1. The van der Waals surface area contributed by atoms with Gasteiger partial charge in [-0.1, -0.05) is 0 Å². The molecule has 136 valence electrons. The number of anilines is 1. The molecule has 2 heterocycles. The number of halogens is 1. The van der Waals surface area contributed by atoms with Crippen LogP contribution in [0.25, 0.3) is 0 Å². The van der Waals surface area contributed by atoms with Crippen LogP contribution >= 0.6 is 0 Å². The second-order valence-corrected chi connectivity index (χ2v) is 7.04. The number of rotatable bonds is 4. The van der Waals surface area contributed by atoms with Gasteiger partial charge in [0.2, 0.25) is 0 Å². The predicted octanol–water partition coefficient (Wildman–Crippen LogP) is 2.16. The van der Waals surface area contributed by atoms with E-state index in [-0.39, 0.29) is 17.9 Å². The zero-order valence-corrected chi connectivity index (χ0v) is 14.2. The first-order valence-corrected chi connectivity index (χ1v) is 8.99. The van der Waals surface area contributed by atoms with Crippen LogP contribution in [0.2, 0.25) is 0 Å². The number of carbonyl (C=O) groups is 1. The molecule has 1 N–H and O–H groups in total. The Morgan fingerprint density at radius 3 is 3.04 bits per heavy atom. The maximum Gasteiger partial charge on any atom is 0.322 e. The maximum atomic E-state index is 13.6. The summed E-state index contributed by atoms with van der Waals surface area (Å²) < 4.78 is 24.9. The molecule has 0 aromatic heterocycles. The Labute approximate surface area is 146 Å². The van der Waals surface area contributed by atoms with E-state index in [0.717, 1.165) is 19.7 Å². The zero-order chi connectivity index (χ0) is 17.2. The summed E-state index contributed by atoms with van der Waals surface area (Å²) in [5.41, 5.74) is 0.396. The number of ether oxygens (including phenoxy) is 2. The highest BCUT2D eigenvalue weighted by molar-refractivity contribution is 5.91.